The number of nitrogens with one attached hydrogen (secondary N) is 1. The molecule has 0 aromatic carbocycles. The van der Waals surface area contributed by atoms with E-state index in [1.807, 2.05) is 25.3 Å². The zero-order valence-electron chi connectivity index (χ0n) is 6.69. The van der Waals surface area contributed by atoms with Crippen molar-refractivity contribution in [3.05, 3.63) is 30.1 Å². The van der Waals surface area contributed by atoms with Crippen LogP contribution in [0.4, 0.5) is 4.79 Å². The molecular weight excluding hydrogens is 158 g/mol. The number of carboxylic acid groups (broad SMARTS) is 1. The van der Waals surface area contributed by atoms with Gasteiger partial charge in [-0.05, 0) is 18.6 Å². The Hall–Kier alpha value is -1.62. The van der Waals surface area contributed by atoms with Gasteiger partial charge < -0.3 is 5.11 Å². The van der Waals surface area contributed by atoms with Crippen LogP contribution in [-0.4, -0.2) is 16.2 Å². The summed E-state index contributed by atoms with van der Waals surface area (Å²) in [5, 5.41) is 7.49. The molecule has 12 heavy (non-hydrogen) atoms. The molecule has 0 unspecified atom stereocenters. The number of hydrazine groups is 1. The normalized spacial score (nSPS) is 7.83. The van der Waals surface area contributed by atoms with Crippen molar-refractivity contribution in [1.82, 2.24) is 10.4 Å². The van der Waals surface area contributed by atoms with E-state index in [0.29, 0.717) is 0 Å². The van der Waals surface area contributed by atoms with Crippen LogP contribution in [-0.2, 0) is 0 Å². The van der Waals surface area contributed by atoms with E-state index in [2.05, 4.69) is 10.8 Å². The molecule has 5 nitrogen and oxygen atoms in total. The van der Waals surface area contributed by atoms with Crippen LogP contribution >= 0.6 is 0 Å². The number of nitrogens with zero attached hydrogens (tertiary/aromatic N) is 1. The lowest BCUT2D eigenvalue weighted by atomic mass is 10.3. The molecule has 66 valence electrons. The average Bonchev–Trinajstić information content (AvgIpc) is 2.07. The first-order chi connectivity index (χ1) is 5.66. The van der Waals surface area contributed by atoms with Crippen molar-refractivity contribution in [1.29, 1.82) is 0 Å². The van der Waals surface area contributed by atoms with Crippen LogP contribution in [0.2, 0.25) is 0 Å². The first-order valence-electron chi connectivity index (χ1n) is 3.23. The summed E-state index contributed by atoms with van der Waals surface area (Å²) >= 11 is 0. The van der Waals surface area contributed by atoms with Gasteiger partial charge in [0.15, 0.2) is 0 Å². The van der Waals surface area contributed by atoms with E-state index in [-0.39, 0.29) is 0 Å². The van der Waals surface area contributed by atoms with E-state index in [9.17, 15) is 0 Å². The molecule has 0 saturated carbocycles. The molecule has 0 radical (unpaired) electrons. The van der Waals surface area contributed by atoms with Gasteiger partial charge in [0.1, 0.15) is 0 Å². The molecule has 0 aliphatic rings. The maximum Gasteiger partial charge on any atom is 0.418 e. The number of aromatic nitrogens is 1. The van der Waals surface area contributed by atoms with Crippen LogP contribution in [0, 0.1) is 6.92 Å². The van der Waals surface area contributed by atoms with Gasteiger partial charge in [0.05, 0.1) is 0 Å². The van der Waals surface area contributed by atoms with Crippen molar-refractivity contribution in [3.63, 3.8) is 0 Å². The summed E-state index contributed by atoms with van der Waals surface area (Å²) < 4.78 is 0. The second-order valence-corrected chi connectivity index (χ2v) is 1.98. The third-order valence-corrected chi connectivity index (χ3v) is 0.933. The maximum atomic E-state index is 9.13. The molecule has 5 heteroatoms. The summed E-state index contributed by atoms with van der Waals surface area (Å²) in [6.45, 7) is 2.02. The van der Waals surface area contributed by atoms with Crippen LogP contribution in [0.3, 0.4) is 0 Å². The number of rotatable bonds is 0. The zero-order chi connectivity index (χ0) is 9.40. The smallest absolute Gasteiger partial charge is 0.418 e. The number of amides is 1. The number of aryl methyl sites for hydroxylation is 1. The summed E-state index contributed by atoms with van der Waals surface area (Å²) in [4.78, 5) is 13.0. The first kappa shape index (κ1) is 10.4. The SMILES string of the molecule is Cc1cccnc1.NNC(=O)O. The van der Waals surface area contributed by atoms with Gasteiger partial charge in [-0.2, -0.15) is 0 Å². The van der Waals surface area contributed by atoms with Gasteiger partial charge in [-0.15, -0.1) is 0 Å². The van der Waals surface area contributed by atoms with Gasteiger partial charge in [0, 0.05) is 12.4 Å². The Kier molecular flexibility index (Phi) is 5.29. The zero-order valence-corrected chi connectivity index (χ0v) is 6.69. The predicted octanol–water partition coefficient (Wildman–Crippen LogP) is 0.518. The Morgan fingerprint density at radius 2 is 2.33 bits per heavy atom. The van der Waals surface area contributed by atoms with E-state index >= 15 is 0 Å². The van der Waals surface area contributed by atoms with Crippen LogP contribution < -0.4 is 11.3 Å². The lowest BCUT2D eigenvalue weighted by Gasteiger charge is -1.82. The Balaban J connectivity index is 0.000000217. The van der Waals surface area contributed by atoms with E-state index in [1.165, 1.54) is 11.0 Å². The molecule has 0 aliphatic carbocycles. The molecule has 1 rings (SSSR count). The van der Waals surface area contributed by atoms with Crippen molar-refractivity contribution in [2.45, 2.75) is 6.92 Å². The average molecular weight is 169 g/mol. The van der Waals surface area contributed by atoms with Gasteiger partial charge in [-0.3, -0.25) is 10.4 Å². The monoisotopic (exact) mass is 169 g/mol. The van der Waals surface area contributed by atoms with Gasteiger partial charge in [0.2, 0.25) is 0 Å². The van der Waals surface area contributed by atoms with Crippen LogP contribution in [0.15, 0.2) is 24.5 Å². The van der Waals surface area contributed by atoms with E-state index in [1.54, 1.807) is 6.20 Å². The second kappa shape index (κ2) is 6.11. The standard InChI is InChI=1S/C6H7N.CH4N2O2/c1-6-3-2-4-7-5-6;2-3-1(4)5/h2-5H,1H3;3H,2H2,(H,4,5). The highest BCUT2D eigenvalue weighted by Crippen LogP contribution is 1.88. The van der Waals surface area contributed by atoms with Crippen molar-refractivity contribution in [3.8, 4) is 0 Å². The molecule has 1 aromatic rings. The molecule has 1 aromatic heterocycles. The number of pyridine rings is 1. The van der Waals surface area contributed by atoms with Crippen molar-refractivity contribution in [2.75, 3.05) is 0 Å². The Morgan fingerprint density at radius 3 is 2.50 bits per heavy atom. The van der Waals surface area contributed by atoms with Crippen molar-refractivity contribution < 1.29 is 9.90 Å². The Labute approximate surface area is 70.2 Å². The fourth-order valence-electron chi connectivity index (χ4n) is 0.448. The Morgan fingerprint density at radius 1 is 1.75 bits per heavy atom. The van der Waals surface area contributed by atoms with E-state index in [4.69, 9.17) is 9.90 Å². The summed E-state index contributed by atoms with van der Waals surface area (Å²) in [5.74, 6) is 4.32. The summed E-state index contributed by atoms with van der Waals surface area (Å²) in [5.41, 5.74) is 2.66. The van der Waals surface area contributed by atoms with E-state index < -0.39 is 6.09 Å². The predicted molar refractivity (Wildman–Crippen MR) is 44.3 cm³/mol. The van der Waals surface area contributed by atoms with Crippen molar-refractivity contribution >= 4 is 6.09 Å². The quantitative estimate of drug-likeness (QED) is 0.300. The molecular formula is C7H11N3O2. The molecule has 0 spiro atoms. The number of hydrogen-bond acceptors (Lipinski definition) is 3. The molecule has 0 atom stereocenters. The highest BCUT2D eigenvalue weighted by Gasteiger charge is 1.77. The third kappa shape index (κ3) is 6.50. The molecule has 1 heterocycles. The minimum atomic E-state index is -1.22. The van der Waals surface area contributed by atoms with Gasteiger partial charge in [-0.1, -0.05) is 6.07 Å². The molecule has 4 N–H and O–H groups in total. The van der Waals surface area contributed by atoms with Crippen molar-refractivity contribution in [2.24, 2.45) is 5.84 Å². The first-order valence-corrected chi connectivity index (χ1v) is 3.23. The Bertz CT molecular complexity index is 225. The summed E-state index contributed by atoms with van der Waals surface area (Å²) in [7, 11) is 0. The van der Waals surface area contributed by atoms with Crippen LogP contribution in [0.1, 0.15) is 5.56 Å². The molecule has 0 aliphatic heterocycles. The van der Waals surface area contributed by atoms with Gasteiger partial charge in [0.25, 0.3) is 0 Å². The fourth-order valence-corrected chi connectivity index (χ4v) is 0.448. The highest BCUT2D eigenvalue weighted by molar-refractivity contribution is 5.63. The second-order valence-electron chi connectivity index (χ2n) is 1.98. The fraction of sp³-hybridized carbons (Fsp3) is 0.143. The van der Waals surface area contributed by atoms with Gasteiger partial charge >= 0.3 is 6.09 Å². The maximum absolute atomic E-state index is 9.13. The molecule has 1 amide bonds. The largest absolute Gasteiger partial charge is 0.464 e. The number of nitrogens with two attached hydrogens (primary N) is 1. The minimum Gasteiger partial charge on any atom is -0.464 e. The highest BCUT2D eigenvalue weighted by atomic mass is 16.4. The number of carbonyl (C=O) groups is 1. The lowest BCUT2D eigenvalue weighted by Crippen LogP contribution is -2.27. The van der Waals surface area contributed by atoms with Crippen LogP contribution in [0.5, 0.6) is 0 Å². The van der Waals surface area contributed by atoms with E-state index in [0.717, 1.165) is 0 Å². The third-order valence-electron chi connectivity index (χ3n) is 0.933. The topological polar surface area (TPSA) is 88.2 Å². The minimum absolute atomic E-state index is 1.21. The molecule has 0 fully saturated rings. The van der Waals surface area contributed by atoms with Gasteiger partial charge in [-0.25, -0.2) is 10.6 Å². The summed E-state index contributed by atoms with van der Waals surface area (Å²) in [6.07, 6.45) is 2.39. The van der Waals surface area contributed by atoms with Crippen LogP contribution in [0.25, 0.3) is 0 Å². The lowest BCUT2D eigenvalue weighted by molar-refractivity contribution is 0.194. The summed E-state index contributed by atoms with van der Waals surface area (Å²) in [6, 6.07) is 3.95. The molecule has 0 saturated heterocycles. The number of hydrogen-bond donors (Lipinski definition) is 3. The molecule has 0 bridgehead atoms.